The monoisotopic (exact) mass is 461 g/mol. The van der Waals surface area contributed by atoms with Gasteiger partial charge < -0.3 is 34.1 Å². The van der Waals surface area contributed by atoms with Crippen LogP contribution in [0.5, 0.6) is 0 Å². The number of carbonyl (C=O) groups excluding carboxylic acids is 4. The van der Waals surface area contributed by atoms with E-state index >= 15 is 0 Å². The summed E-state index contributed by atoms with van der Waals surface area (Å²) in [5.41, 5.74) is 0. The Morgan fingerprint density at radius 2 is 1.50 bits per heavy atom. The number of carboxylic acids is 1. The molecule has 32 heavy (non-hydrogen) atoms. The Kier molecular flexibility index (Phi) is 11.6. The van der Waals surface area contributed by atoms with E-state index in [1.54, 1.807) is 0 Å². The molecule has 182 valence electrons. The van der Waals surface area contributed by atoms with Gasteiger partial charge in [0.05, 0.1) is 0 Å². The van der Waals surface area contributed by atoms with Gasteiger partial charge in [0.15, 0.2) is 18.5 Å². The highest BCUT2D eigenvalue weighted by molar-refractivity contribution is 5.73. The predicted octanol–water partition coefficient (Wildman–Crippen LogP) is 0.304. The van der Waals surface area contributed by atoms with Crippen LogP contribution >= 0.6 is 0 Å². The molecule has 1 fully saturated rings. The van der Waals surface area contributed by atoms with Gasteiger partial charge in [0, 0.05) is 40.7 Å². The highest BCUT2D eigenvalue weighted by Crippen LogP contribution is 2.28. The minimum absolute atomic E-state index is 0.0392. The summed E-state index contributed by atoms with van der Waals surface area (Å²) < 4.78 is 27.2. The number of unbranched alkanes of at least 4 members (excludes halogenated alkanes) is 2. The second kappa shape index (κ2) is 13.6. The Bertz CT molecular complexity index is 680. The molecule has 0 bridgehead atoms. The zero-order valence-electron chi connectivity index (χ0n) is 18.7. The molecular weight excluding hydrogens is 430 g/mol. The minimum Gasteiger partial charge on any atom is -0.481 e. The van der Waals surface area contributed by atoms with Crippen molar-refractivity contribution < 1.29 is 52.8 Å². The summed E-state index contributed by atoms with van der Waals surface area (Å²) in [7, 11) is 0. The van der Waals surface area contributed by atoms with Crippen LogP contribution in [0.3, 0.4) is 0 Å². The molecule has 0 aromatic rings. The van der Waals surface area contributed by atoms with Crippen LogP contribution in [0.4, 0.5) is 0 Å². The maximum absolute atomic E-state index is 11.8. The quantitative estimate of drug-likeness (QED) is 0.233. The lowest BCUT2D eigenvalue weighted by molar-refractivity contribution is -0.277. The summed E-state index contributed by atoms with van der Waals surface area (Å²) in [4.78, 5) is 57.1. The molecule has 0 spiro atoms. The highest BCUT2D eigenvalue weighted by atomic mass is 16.7. The molecule has 1 saturated heterocycles. The van der Waals surface area contributed by atoms with E-state index in [1.807, 2.05) is 0 Å². The van der Waals surface area contributed by atoms with Crippen molar-refractivity contribution in [1.82, 2.24) is 5.32 Å². The molecule has 0 saturated carbocycles. The number of hydrogen-bond donors (Lipinski definition) is 2. The van der Waals surface area contributed by atoms with Gasteiger partial charge in [0.2, 0.25) is 5.91 Å². The Morgan fingerprint density at radius 1 is 0.875 bits per heavy atom. The molecule has 1 amide bonds. The summed E-state index contributed by atoms with van der Waals surface area (Å²) in [6.07, 6.45) is -2.89. The van der Waals surface area contributed by atoms with Gasteiger partial charge in [-0.05, 0) is 12.8 Å². The second-order valence-corrected chi connectivity index (χ2v) is 7.30. The summed E-state index contributed by atoms with van der Waals surface area (Å²) >= 11 is 0. The number of hydrogen-bond acceptors (Lipinski definition) is 10. The molecule has 0 radical (unpaired) electrons. The van der Waals surface area contributed by atoms with Crippen LogP contribution in [0, 0.1) is 0 Å². The Hall–Kier alpha value is -2.73. The summed E-state index contributed by atoms with van der Waals surface area (Å²) in [6.45, 7) is 4.60. The summed E-state index contributed by atoms with van der Waals surface area (Å²) in [5.74, 6) is -3.34. The normalized spacial score (nSPS) is 24.8. The lowest BCUT2D eigenvalue weighted by Gasteiger charge is -2.44. The molecule has 12 nitrogen and oxygen atoms in total. The average Bonchev–Trinajstić information content (AvgIpc) is 2.65. The van der Waals surface area contributed by atoms with E-state index in [0.717, 1.165) is 13.8 Å². The van der Waals surface area contributed by atoms with E-state index in [1.165, 1.54) is 13.8 Å². The number of esters is 3. The van der Waals surface area contributed by atoms with Gasteiger partial charge in [-0.25, -0.2) is 0 Å². The van der Waals surface area contributed by atoms with Crippen molar-refractivity contribution in [3.63, 3.8) is 0 Å². The van der Waals surface area contributed by atoms with Crippen LogP contribution in [0.25, 0.3) is 0 Å². The first-order valence-electron chi connectivity index (χ1n) is 10.2. The molecule has 0 aromatic heterocycles. The Morgan fingerprint density at radius 3 is 2.03 bits per heavy atom. The molecule has 3 unspecified atom stereocenters. The van der Waals surface area contributed by atoms with Crippen LogP contribution in [0.15, 0.2) is 0 Å². The summed E-state index contributed by atoms with van der Waals surface area (Å²) in [6, 6.07) is -1.02. The van der Waals surface area contributed by atoms with E-state index < -0.39 is 60.4 Å². The third kappa shape index (κ3) is 10.1. The maximum Gasteiger partial charge on any atom is 0.303 e. The highest BCUT2D eigenvalue weighted by Gasteiger charge is 2.51. The van der Waals surface area contributed by atoms with Crippen molar-refractivity contribution in [2.45, 2.75) is 84.0 Å². The number of carboxylic acid groups (broad SMARTS) is 1. The number of aliphatic carboxylic acids is 1. The molecule has 0 aromatic carbocycles. The number of rotatable bonds is 12. The van der Waals surface area contributed by atoms with Crippen molar-refractivity contribution in [1.29, 1.82) is 0 Å². The SMILES string of the molecule is CC(=O)NC1C(OC(C)=O)[C@@H](OC(C)=O)C(COC(C)=O)O[C@H]1OCCCCCC(=O)O. The third-order valence-electron chi connectivity index (χ3n) is 4.39. The fourth-order valence-corrected chi connectivity index (χ4v) is 3.19. The zero-order valence-corrected chi connectivity index (χ0v) is 18.7. The first kappa shape index (κ1) is 27.3. The number of amides is 1. The lowest BCUT2D eigenvalue weighted by atomic mass is 9.96. The molecule has 1 aliphatic heterocycles. The maximum atomic E-state index is 11.8. The molecule has 1 aliphatic rings. The van der Waals surface area contributed by atoms with Crippen LogP contribution in [0.2, 0.25) is 0 Å². The first-order valence-corrected chi connectivity index (χ1v) is 10.2. The zero-order chi connectivity index (χ0) is 24.3. The third-order valence-corrected chi connectivity index (χ3v) is 4.39. The number of carbonyl (C=O) groups is 5. The van der Waals surface area contributed by atoms with E-state index in [-0.39, 0.29) is 19.6 Å². The van der Waals surface area contributed by atoms with E-state index in [4.69, 9.17) is 28.8 Å². The van der Waals surface area contributed by atoms with E-state index in [0.29, 0.717) is 19.3 Å². The van der Waals surface area contributed by atoms with Crippen LogP contribution < -0.4 is 5.32 Å². The standard InChI is InChI=1S/C20H31NO11/c1-11(22)21-17-19(31-14(4)25)18(30-13(3)24)15(10-29-12(2)23)32-20(17)28-9-7-5-6-8-16(26)27/h15,17-20H,5-10H2,1-4H3,(H,21,22)(H,26,27)/t15?,17?,18-,19?,20+/m0/s1. The first-order chi connectivity index (χ1) is 15.0. The van der Waals surface area contributed by atoms with Crippen molar-refractivity contribution in [2.24, 2.45) is 0 Å². The fourth-order valence-electron chi connectivity index (χ4n) is 3.19. The van der Waals surface area contributed by atoms with Crippen molar-refractivity contribution in [3.8, 4) is 0 Å². The van der Waals surface area contributed by atoms with Crippen LogP contribution in [-0.2, 0) is 47.7 Å². The number of ether oxygens (including phenoxy) is 5. The molecular formula is C20H31NO11. The van der Waals surface area contributed by atoms with Crippen molar-refractivity contribution in [2.75, 3.05) is 13.2 Å². The van der Waals surface area contributed by atoms with Gasteiger partial charge in [0.1, 0.15) is 18.8 Å². The van der Waals surface area contributed by atoms with Crippen molar-refractivity contribution in [3.05, 3.63) is 0 Å². The van der Waals surface area contributed by atoms with Gasteiger partial charge in [-0.1, -0.05) is 6.42 Å². The molecule has 0 aliphatic carbocycles. The van der Waals surface area contributed by atoms with Crippen LogP contribution in [0.1, 0.15) is 53.4 Å². The Balaban J connectivity index is 3.05. The summed E-state index contributed by atoms with van der Waals surface area (Å²) in [5, 5.41) is 11.3. The molecule has 2 N–H and O–H groups in total. The fraction of sp³-hybridized carbons (Fsp3) is 0.750. The van der Waals surface area contributed by atoms with Gasteiger partial charge in [-0.15, -0.1) is 0 Å². The average molecular weight is 461 g/mol. The Labute approximate surface area is 185 Å². The molecule has 5 atom stereocenters. The van der Waals surface area contributed by atoms with Gasteiger partial charge in [-0.3, -0.25) is 24.0 Å². The molecule has 1 heterocycles. The van der Waals surface area contributed by atoms with Gasteiger partial charge >= 0.3 is 23.9 Å². The predicted molar refractivity (Wildman–Crippen MR) is 106 cm³/mol. The van der Waals surface area contributed by atoms with Crippen LogP contribution in [-0.4, -0.2) is 78.7 Å². The van der Waals surface area contributed by atoms with Gasteiger partial charge in [0.25, 0.3) is 0 Å². The lowest BCUT2D eigenvalue weighted by Crippen LogP contribution is -2.66. The molecule has 12 heteroatoms. The molecule has 1 rings (SSSR count). The van der Waals surface area contributed by atoms with Gasteiger partial charge in [-0.2, -0.15) is 0 Å². The largest absolute Gasteiger partial charge is 0.481 e. The smallest absolute Gasteiger partial charge is 0.303 e. The van der Waals surface area contributed by atoms with E-state index in [9.17, 15) is 24.0 Å². The van der Waals surface area contributed by atoms with Crippen molar-refractivity contribution >= 4 is 29.8 Å². The topological polar surface area (TPSA) is 164 Å². The minimum atomic E-state index is -1.18. The van der Waals surface area contributed by atoms with E-state index in [2.05, 4.69) is 5.32 Å². The second-order valence-electron chi connectivity index (χ2n) is 7.30. The number of nitrogens with one attached hydrogen (secondary N) is 1.